The standard InChI is InChI=1S/C9H13N3O/c1-2-8-10-11-9-4-3-7(6-13)5-12(8)9/h6-7H,2-5H2,1H3. The van der Waals surface area contributed by atoms with Gasteiger partial charge in [0, 0.05) is 25.3 Å². The lowest BCUT2D eigenvalue weighted by molar-refractivity contribution is -0.111. The van der Waals surface area contributed by atoms with E-state index in [0.29, 0.717) is 0 Å². The average Bonchev–Trinajstić information content (AvgIpc) is 2.59. The number of carbonyl (C=O) groups is 1. The van der Waals surface area contributed by atoms with Gasteiger partial charge in [0.05, 0.1) is 0 Å². The Morgan fingerprint density at radius 2 is 2.46 bits per heavy atom. The highest BCUT2D eigenvalue weighted by Gasteiger charge is 2.21. The van der Waals surface area contributed by atoms with E-state index in [-0.39, 0.29) is 5.92 Å². The van der Waals surface area contributed by atoms with Gasteiger partial charge in [-0.1, -0.05) is 6.92 Å². The zero-order chi connectivity index (χ0) is 9.26. The van der Waals surface area contributed by atoms with Crippen molar-refractivity contribution in [3.63, 3.8) is 0 Å². The number of rotatable bonds is 2. The highest BCUT2D eigenvalue weighted by atomic mass is 16.1. The number of fused-ring (bicyclic) bond motifs is 1. The second-order valence-electron chi connectivity index (χ2n) is 3.43. The Balaban J connectivity index is 2.30. The summed E-state index contributed by atoms with van der Waals surface area (Å²) in [6, 6.07) is 0. The lowest BCUT2D eigenvalue weighted by Crippen LogP contribution is -2.22. The van der Waals surface area contributed by atoms with Crippen LogP contribution in [0.1, 0.15) is 25.0 Å². The minimum atomic E-state index is 0.161. The number of hydrogen-bond donors (Lipinski definition) is 0. The van der Waals surface area contributed by atoms with Crippen LogP contribution in [0, 0.1) is 5.92 Å². The first kappa shape index (κ1) is 8.41. The summed E-state index contributed by atoms with van der Waals surface area (Å²) < 4.78 is 2.09. The molecule has 1 aromatic rings. The molecule has 0 saturated carbocycles. The largest absolute Gasteiger partial charge is 0.314 e. The first-order valence-corrected chi connectivity index (χ1v) is 4.71. The van der Waals surface area contributed by atoms with Crippen LogP contribution in [-0.2, 0) is 24.2 Å². The zero-order valence-corrected chi connectivity index (χ0v) is 7.73. The van der Waals surface area contributed by atoms with Gasteiger partial charge in [0.1, 0.15) is 17.9 Å². The number of aldehydes is 1. The second-order valence-corrected chi connectivity index (χ2v) is 3.43. The molecule has 2 heterocycles. The molecule has 1 aromatic heterocycles. The van der Waals surface area contributed by atoms with Crippen LogP contribution in [-0.4, -0.2) is 21.1 Å². The van der Waals surface area contributed by atoms with Crippen molar-refractivity contribution in [3.8, 4) is 0 Å². The van der Waals surface area contributed by atoms with Crippen molar-refractivity contribution in [2.75, 3.05) is 0 Å². The summed E-state index contributed by atoms with van der Waals surface area (Å²) in [6.45, 7) is 2.83. The molecular formula is C9H13N3O. The van der Waals surface area contributed by atoms with Crippen LogP contribution in [0.5, 0.6) is 0 Å². The number of nitrogens with zero attached hydrogens (tertiary/aromatic N) is 3. The fourth-order valence-corrected chi connectivity index (χ4v) is 1.78. The molecular weight excluding hydrogens is 166 g/mol. The summed E-state index contributed by atoms with van der Waals surface area (Å²) in [4.78, 5) is 10.6. The topological polar surface area (TPSA) is 47.8 Å². The quantitative estimate of drug-likeness (QED) is 0.625. The molecule has 0 radical (unpaired) electrons. The summed E-state index contributed by atoms with van der Waals surface area (Å²) in [5.74, 6) is 2.20. The molecule has 0 amide bonds. The van der Waals surface area contributed by atoms with Crippen LogP contribution < -0.4 is 0 Å². The fourth-order valence-electron chi connectivity index (χ4n) is 1.78. The highest BCUT2D eigenvalue weighted by Crippen LogP contribution is 2.18. The third-order valence-electron chi connectivity index (χ3n) is 2.57. The van der Waals surface area contributed by atoms with Gasteiger partial charge in [0.2, 0.25) is 0 Å². The second kappa shape index (κ2) is 3.28. The van der Waals surface area contributed by atoms with Crippen LogP contribution in [0.25, 0.3) is 0 Å². The van der Waals surface area contributed by atoms with E-state index in [0.717, 1.165) is 43.7 Å². The molecule has 1 atom stereocenters. The maximum atomic E-state index is 10.6. The summed E-state index contributed by atoms with van der Waals surface area (Å²) in [5, 5.41) is 8.18. The maximum absolute atomic E-state index is 10.6. The fraction of sp³-hybridized carbons (Fsp3) is 0.667. The Bertz CT molecular complexity index is 305. The van der Waals surface area contributed by atoms with E-state index in [1.807, 2.05) is 0 Å². The first-order chi connectivity index (χ1) is 6.35. The Morgan fingerprint density at radius 1 is 1.62 bits per heavy atom. The smallest absolute Gasteiger partial charge is 0.133 e. The summed E-state index contributed by atoms with van der Waals surface area (Å²) in [5.41, 5.74) is 0. The van der Waals surface area contributed by atoms with Crippen LogP contribution in [0.2, 0.25) is 0 Å². The van der Waals surface area contributed by atoms with Crippen molar-refractivity contribution in [2.24, 2.45) is 5.92 Å². The SMILES string of the molecule is CCc1nnc2n1CC(C=O)CC2. The molecule has 0 N–H and O–H groups in total. The number of hydrogen-bond acceptors (Lipinski definition) is 3. The number of aryl methyl sites for hydroxylation is 2. The Kier molecular flexibility index (Phi) is 2.12. The van der Waals surface area contributed by atoms with E-state index in [2.05, 4.69) is 21.7 Å². The predicted molar refractivity (Wildman–Crippen MR) is 47.3 cm³/mol. The lowest BCUT2D eigenvalue weighted by Gasteiger charge is -2.19. The number of aromatic nitrogens is 3. The Hall–Kier alpha value is -1.19. The van der Waals surface area contributed by atoms with Crippen molar-refractivity contribution >= 4 is 6.29 Å². The van der Waals surface area contributed by atoms with Crippen molar-refractivity contribution in [2.45, 2.75) is 32.7 Å². The van der Waals surface area contributed by atoms with Gasteiger partial charge in [-0.05, 0) is 6.42 Å². The van der Waals surface area contributed by atoms with Crippen LogP contribution in [0.4, 0.5) is 0 Å². The van der Waals surface area contributed by atoms with Gasteiger partial charge >= 0.3 is 0 Å². The highest BCUT2D eigenvalue weighted by molar-refractivity contribution is 5.53. The normalized spacial score (nSPS) is 21.2. The molecule has 0 aromatic carbocycles. The molecule has 0 aliphatic carbocycles. The molecule has 1 aliphatic rings. The zero-order valence-electron chi connectivity index (χ0n) is 7.73. The van der Waals surface area contributed by atoms with Crippen molar-refractivity contribution < 1.29 is 4.79 Å². The predicted octanol–water partition coefficient (Wildman–Crippen LogP) is 0.602. The van der Waals surface area contributed by atoms with Gasteiger partial charge in [0.15, 0.2) is 0 Å². The molecule has 0 bridgehead atoms. The maximum Gasteiger partial charge on any atom is 0.133 e. The molecule has 4 nitrogen and oxygen atoms in total. The van der Waals surface area contributed by atoms with Gasteiger partial charge in [-0.3, -0.25) is 0 Å². The monoisotopic (exact) mass is 179 g/mol. The number of carbonyl (C=O) groups excluding carboxylic acids is 1. The van der Waals surface area contributed by atoms with Gasteiger partial charge in [-0.25, -0.2) is 0 Å². The van der Waals surface area contributed by atoms with Gasteiger partial charge < -0.3 is 9.36 Å². The van der Waals surface area contributed by atoms with E-state index >= 15 is 0 Å². The van der Waals surface area contributed by atoms with Crippen LogP contribution in [0.15, 0.2) is 0 Å². The van der Waals surface area contributed by atoms with E-state index in [9.17, 15) is 4.79 Å². The third kappa shape index (κ3) is 1.36. The minimum absolute atomic E-state index is 0.161. The Labute approximate surface area is 77.0 Å². The van der Waals surface area contributed by atoms with E-state index in [4.69, 9.17) is 0 Å². The van der Waals surface area contributed by atoms with Crippen molar-refractivity contribution in [1.82, 2.24) is 14.8 Å². The first-order valence-electron chi connectivity index (χ1n) is 4.71. The molecule has 0 spiro atoms. The molecule has 13 heavy (non-hydrogen) atoms. The summed E-state index contributed by atoms with van der Waals surface area (Å²) >= 11 is 0. The van der Waals surface area contributed by atoms with Crippen molar-refractivity contribution in [1.29, 1.82) is 0 Å². The van der Waals surface area contributed by atoms with Crippen LogP contribution in [0.3, 0.4) is 0 Å². The van der Waals surface area contributed by atoms with E-state index in [1.54, 1.807) is 0 Å². The molecule has 70 valence electrons. The molecule has 0 saturated heterocycles. The molecule has 1 unspecified atom stereocenters. The van der Waals surface area contributed by atoms with Gasteiger partial charge in [-0.2, -0.15) is 0 Å². The van der Waals surface area contributed by atoms with Crippen molar-refractivity contribution in [3.05, 3.63) is 11.6 Å². The molecule has 2 rings (SSSR count). The molecule has 1 aliphatic heterocycles. The third-order valence-corrected chi connectivity index (χ3v) is 2.57. The molecule has 0 fully saturated rings. The van der Waals surface area contributed by atoms with E-state index < -0.39 is 0 Å². The minimum Gasteiger partial charge on any atom is -0.314 e. The Morgan fingerprint density at radius 3 is 3.15 bits per heavy atom. The summed E-state index contributed by atoms with van der Waals surface area (Å²) in [7, 11) is 0. The lowest BCUT2D eigenvalue weighted by atomic mass is 10.0. The average molecular weight is 179 g/mol. The molecule has 4 heteroatoms. The van der Waals surface area contributed by atoms with Crippen LogP contribution >= 0.6 is 0 Å². The van der Waals surface area contributed by atoms with Gasteiger partial charge in [0.25, 0.3) is 0 Å². The summed E-state index contributed by atoms with van der Waals surface area (Å²) in [6.07, 6.45) is 3.74. The van der Waals surface area contributed by atoms with Gasteiger partial charge in [-0.15, -0.1) is 10.2 Å². The van der Waals surface area contributed by atoms with E-state index in [1.165, 1.54) is 0 Å².